The first-order chi connectivity index (χ1) is 14.3. The minimum Gasteiger partial charge on any atom is -0.289 e. The number of hydrogen-bond donors (Lipinski definition) is 0. The van der Waals surface area contributed by atoms with E-state index in [1.54, 1.807) is 0 Å². The Balaban J connectivity index is 1.85. The van der Waals surface area contributed by atoms with E-state index < -0.39 is 18.5 Å². The van der Waals surface area contributed by atoms with Crippen LogP contribution in [0, 0.1) is 11.3 Å². The quantitative estimate of drug-likeness (QED) is 0.590. The summed E-state index contributed by atoms with van der Waals surface area (Å²) < 4.78 is 26.7. The van der Waals surface area contributed by atoms with Gasteiger partial charge in [0.1, 0.15) is 5.84 Å². The Labute approximate surface area is 178 Å². The number of amidine groups is 1. The lowest BCUT2D eigenvalue weighted by Gasteiger charge is -2.43. The summed E-state index contributed by atoms with van der Waals surface area (Å²) in [5.74, 6) is 0.613. The molecule has 0 radical (unpaired) electrons. The van der Waals surface area contributed by atoms with Crippen molar-refractivity contribution in [2.24, 2.45) is 16.3 Å². The molecule has 1 amide bonds. The lowest BCUT2D eigenvalue weighted by atomic mass is 9.62. The number of carbonyl (C=O) groups is 1. The number of hydrogen-bond acceptors (Lipinski definition) is 2. The van der Waals surface area contributed by atoms with Crippen LogP contribution in [0.15, 0.2) is 35.8 Å². The Morgan fingerprint density at radius 1 is 1.23 bits per heavy atom. The van der Waals surface area contributed by atoms with Crippen molar-refractivity contribution < 1.29 is 13.6 Å². The summed E-state index contributed by atoms with van der Waals surface area (Å²) in [4.78, 5) is 20.0. The van der Waals surface area contributed by atoms with Crippen molar-refractivity contribution in [2.45, 2.75) is 77.2 Å². The van der Waals surface area contributed by atoms with Crippen molar-refractivity contribution in [2.75, 3.05) is 6.54 Å². The second-order valence-corrected chi connectivity index (χ2v) is 9.63. The van der Waals surface area contributed by atoms with Crippen LogP contribution in [-0.4, -0.2) is 29.6 Å². The zero-order chi connectivity index (χ0) is 21.5. The molecule has 1 fully saturated rings. The summed E-state index contributed by atoms with van der Waals surface area (Å²) in [5, 5.41) is 0. The second-order valence-electron chi connectivity index (χ2n) is 9.63. The number of amides is 1. The molecule has 30 heavy (non-hydrogen) atoms. The second kappa shape index (κ2) is 7.90. The van der Waals surface area contributed by atoms with Gasteiger partial charge in [-0.3, -0.25) is 9.69 Å². The zero-order valence-corrected chi connectivity index (χ0v) is 18.1. The molecule has 0 N–H and O–H groups in total. The van der Waals surface area contributed by atoms with Crippen molar-refractivity contribution in [3.63, 3.8) is 0 Å². The summed E-state index contributed by atoms with van der Waals surface area (Å²) in [6.45, 7) is 7.56. The van der Waals surface area contributed by atoms with E-state index in [1.165, 1.54) is 16.5 Å². The van der Waals surface area contributed by atoms with Crippen LogP contribution in [0.4, 0.5) is 8.78 Å². The molecule has 5 heteroatoms. The summed E-state index contributed by atoms with van der Waals surface area (Å²) in [5.41, 5.74) is 1.92. The maximum atomic E-state index is 13.9. The Morgan fingerprint density at radius 2 is 1.97 bits per heavy atom. The smallest absolute Gasteiger partial charge is 0.261 e. The highest BCUT2D eigenvalue weighted by molar-refractivity contribution is 6.13. The van der Waals surface area contributed by atoms with E-state index in [4.69, 9.17) is 4.99 Å². The predicted octanol–water partition coefficient (Wildman–Crippen LogP) is 5.67. The van der Waals surface area contributed by atoms with E-state index in [9.17, 15) is 13.6 Å². The third-order valence-electron chi connectivity index (χ3n) is 7.30. The number of nitrogens with zero attached hydrogens (tertiary/aromatic N) is 2. The summed E-state index contributed by atoms with van der Waals surface area (Å²) in [7, 11) is 0. The van der Waals surface area contributed by atoms with E-state index in [2.05, 4.69) is 38.6 Å². The standard InChI is InChI=1S/C25H32F2N2O/c1-4-22-28-25(23(30)29(22)16-21(26)27)20-14-18(9-8-17(2)3)10-11-19(20)15-24(25)12-6-5-7-13-24/h4,10-11,14,17,21H,1,5-9,12-13,15-16H2,2-3H3. The number of rotatable bonds is 6. The van der Waals surface area contributed by atoms with Gasteiger partial charge in [0.2, 0.25) is 0 Å². The monoisotopic (exact) mass is 414 g/mol. The SMILES string of the molecule is C=CC1=NC2(C(=O)N1CC(F)F)c1cc(CCC(C)C)ccc1CC21CCCCC1. The number of carbonyl (C=O) groups excluding carboxylic acids is 1. The fourth-order valence-electron chi connectivity index (χ4n) is 5.84. The first kappa shape index (κ1) is 21.2. The molecule has 2 aliphatic carbocycles. The Kier molecular flexibility index (Phi) is 5.58. The fourth-order valence-corrected chi connectivity index (χ4v) is 5.84. The average molecular weight is 415 g/mol. The van der Waals surface area contributed by atoms with E-state index in [0.29, 0.717) is 11.8 Å². The van der Waals surface area contributed by atoms with Crippen LogP contribution in [-0.2, 0) is 23.2 Å². The van der Waals surface area contributed by atoms with Crippen molar-refractivity contribution in [1.29, 1.82) is 0 Å². The number of benzene rings is 1. The van der Waals surface area contributed by atoms with Gasteiger partial charge >= 0.3 is 0 Å². The van der Waals surface area contributed by atoms with E-state index in [1.807, 2.05) is 0 Å². The Hall–Kier alpha value is -2.04. The molecule has 1 atom stereocenters. The van der Waals surface area contributed by atoms with Gasteiger partial charge in [0.05, 0.1) is 6.54 Å². The third kappa shape index (κ3) is 3.21. The molecule has 162 valence electrons. The normalized spacial score (nSPS) is 24.9. The summed E-state index contributed by atoms with van der Waals surface area (Å²) in [6, 6.07) is 6.47. The number of fused-ring (bicyclic) bond motifs is 3. The number of aryl methyl sites for hydroxylation is 1. The van der Waals surface area contributed by atoms with Gasteiger partial charge in [-0.15, -0.1) is 0 Å². The van der Waals surface area contributed by atoms with Crippen LogP contribution in [0.1, 0.15) is 69.1 Å². The third-order valence-corrected chi connectivity index (χ3v) is 7.30. The van der Waals surface area contributed by atoms with Crippen LogP contribution >= 0.6 is 0 Å². The van der Waals surface area contributed by atoms with Crippen molar-refractivity contribution in [3.8, 4) is 0 Å². The Morgan fingerprint density at radius 3 is 2.60 bits per heavy atom. The lowest BCUT2D eigenvalue weighted by molar-refractivity contribution is -0.138. The predicted molar refractivity (Wildman–Crippen MR) is 116 cm³/mol. The first-order valence-electron chi connectivity index (χ1n) is 11.3. The fraction of sp³-hybridized carbons (Fsp3) is 0.600. The van der Waals surface area contributed by atoms with Crippen molar-refractivity contribution in [1.82, 2.24) is 4.90 Å². The maximum absolute atomic E-state index is 13.9. The average Bonchev–Trinajstić information content (AvgIpc) is 3.14. The molecule has 1 aromatic carbocycles. The molecule has 0 saturated heterocycles. The minimum atomic E-state index is -2.60. The number of halogens is 2. The topological polar surface area (TPSA) is 32.7 Å². The molecule has 1 saturated carbocycles. The van der Waals surface area contributed by atoms with Crippen LogP contribution in [0.25, 0.3) is 0 Å². The van der Waals surface area contributed by atoms with Crippen molar-refractivity contribution in [3.05, 3.63) is 47.5 Å². The molecule has 1 heterocycles. The number of alkyl halides is 2. The summed E-state index contributed by atoms with van der Waals surface area (Å²) in [6.07, 6.45) is 6.76. The highest BCUT2D eigenvalue weighted by Gasteiger charge is 2.66. The van der Waals surface area contributed by atoms with Gasteiger partial charge in [0.25, 0.3) is 12.3 Å². The van der Waals surface area contributed by atoms with Gasteiger partial charge in [0.15, 0.2) is 5.54 Å². The lowest BCUT2D eigenvalue weighted by Crippen LogP contribution is -2.51. The first-order valence-corrected chi connectivity index (χ1v) is 11.3. The molecule has 0 bridgehead atoms. The highest BCUT2D eigenvalue weighted by atomic mass is 19.3. The molecule has 3 aliphatic rings. The van der Waals surface area contributed by atoms with Gasteiger partial charge < -0.3 is 0 Å². The van der Waals surface area contributed by atoms with Gasteiger partial charge in [-0.2, -0.15) is 0 Å². The molecular formula is C25H32F2N2O. The Bertz CT molecular complexity index is 870. The van der Waals surface area contributed by atoms with Crippen LogP contribution < -0.4 is 0 Å². The summed E-state index contributed by atoms with van der Waals surface area (Å²) >= 11 is 0. The zero-order valence-electron chi connectivity index (χ0n) is 18.1. The largest absolute Gasteiger partial charge is 0.289 e. The van der Waals surface area contributed by atoms with E-state index >= 15 is 0 Å². The molecular weight excluding hydrogens is 382 g/mol. The van der Waals surface area contributed by atoms with Gasteiger partial charge in [-0.05, 0) is 60.8 Å². The van der Waals surface area contributed by atoms with E-state index in [0.717, 1.165) is 62.5 Å². The molecule has 1 aliphatic heterocycles. The van der Waals surface area contributed by atoms with Crippen LogP contribution in [0.5, 0.6) is 0 Å². The van der Waals surface area contributed by atoms with E-state index in [-0.39, 0.29) is 11.3 Å². The maximum Gasteiger partial charge on any atom is 0.261 e. The molecule has 0 aromatic heterocycles. The van der Waals surface area contributed by atoms with Gasteiger partial charge in [0, 0.05) is 5.41 Å². The minimum absolute atomic E-state index is 0.278. The molecule has 1 unspecified atom stereocenters. The van der Waals surface area contributed by atoms with Gasteiger partial charge in [-0.25, -0.2) is 13.8 Å². The number of aliphatic imine (C=N–C) groups is 1. The molecule has 3 nitrogen and oxygen atoms in total. The van der Waals surface area contributed by atoms with Crippen molar-refractivity contribution >= 4 is 11.7 Å². The molecule has 2 spiro atoms. The molecule has 1 aromatic rings. The van der Waals surface area contributed by atoms with Crippen LogP contribution in [0.2, 0.25) is 0 Å². The van der Waals surface area contributed by atoms with Crippen LogP contribution in [0.3, 0.4) is 0 Å². The molecule has 4 rings (SSSR count). The highest BCUT2D eigenvalue weighted by Crippen LogP contribution is 2.62. The van der Waals surface area contributed by atoms with Gasteiger partial charge in [-0.1, -0.05) is 57.9 Å².